The minimum Gasteiger partial charge on any atom is -0.459 e. The van der Waals surface area contributed by atoms with E-state index in [1.807, 2.05) is 30.3 Å². The molecule has 0 saturated heterocycles. The number of aliphatic hydroxyl groups excluding tert-OH is 1. The van der Waals surface area contributed by atoms with Crippen LogP contribution in [0.15, 0.2) is 53.3 Å². The standard InChI is InChI=1S/C16H15BrN2O4/c17-14-7-6-12(8-18-14)15(21)19-13(9-20)16(22)23-10-11-4-2-1-3-5-11/h1-8,13,20H,9-10H2,(H,19,21)/t13-/m0/s1. The van der Waals surface area contributed by atoms with Crippen LogP contribution < -0.4 is 5.32 Å². The lowest BCUT2D eigenvalue weighted by atomic mass is 10.2. The molecule has 0 radical (unpaired) electrons. The van der Waals surface area contributed by atoms with Gasteiger partial charge in [0.05, 0.1) is 12.2 Å². The number of aliphatic hydroxyl groups is 1. The van der Waals surface area contributed by atoms with E-state index < -0.39 is 24.5 Å². The normalized spacial score (nSPS) is 11.6. The molecule has 1 amide bonds. The van der Waals surface area contributed by atoms with Crippen LogP contribution in [0.25, 0.3) is 0 Å². The van der Waals surface area contributed by atoms with E-state index in [-0.39, 0.29) is 12.2 Å². The van der Waals surface area contributed by atoms with Crippen molar-refractivity contribution in [3.8, 4) is 0 Å². The summed E-state index contributed by atoms with van der Waals surface area (Å²) in [6.45, 7) is -0.477. The van der Waals surface area contributed by atoms with Crippen molar-refractivity contribution in [1.29, 1.82) is 0 Å². The second-order valence-corrected chi connectivity index (χ2v) is 5.48. The van der Waals surface area contributed by atoms with Gasteiger partial charge in [-0.3, -0.25) is 4.79 Å². The highest BCUT2D eigenvalue weighted by atomic mass is 79.9. The summed E-state index contributed by atoms with van der Waals surface area (Å²) < 4.78 is 5.69. The summed E-state index contributed by atoms with van der Waals surface area (Å²) in [5.74, 6) is -1.21. The van der Waals surface area contributed by atoms with Crippen molar-refractivity contribution in [2.24, 2.45) is 0 Å². The summed E-state index contributed by atoms with van der Waals surface area (Å²) in [6, 6.07) is 11.2. The number of esters is 1. The molecule has 0 saturated carbocycles. The van der Waals surface area contributed by atoms with Crippen LogP contribution in [0.4, 0.5) is 0 Å². The van der Waals surface area contributed by atoms with E-state index in [1.165, 1.54) is 6.20 Å². The summed E-state index contributed by atoms with van der Waals surface area (Å²) in [4.78, 5) is 27.9. The molecule has 0 spiro atoms. The number of carbonyl (C=O) groups is 2. The monoisotopic (exact) mass is 378 g/mol. The molecule has 7 heteroatoms. The number of hydrogen-bond donors (Lipinski definition) is 2. The molecule has 0 fully saturated rings. The van der Waals surface area contributed by atoms with Crippen molar-refractivity contribution in [2.45, 2.75) is 12.6 Å². The fraction of sp³-hybridized carbons (Fsp3) is 0.188. The Bertz CT molecular complexity index is 662. The molecule has 120 valence electrons. The van der Waals surface area contributed by atoms with Crippen LogP contribution in [0.5, 0.6) is 0 Å². The van der Waals surface area contributed by atoms with E-state index in [1.54, 1.807) is 12.1 Å². The fourth-order valence-corrected chi connectivity index (χ4v) is 1.99. The number of rotatable bonds is 6. The Kier molecular flexibility index (Phi) is 6.25. The molecule has 1 aromatic carbocycles. The predicted octanol–water partition coefficient (Wildman–Crippen LogP) is 1.68. The number of carbonyl (C=O) groups excluding carboxylic acids is 2. The molecule has 23 heavy (non-hydrogen) atoms. The van der Waals surface area contributed by atoms with Crippen LogP contribution in [0.3, 0.4) is 0 Å². The zero-order chi connectivity index (χ0) is 16.7. The van der Waals surface area contributed by atoms with Gasteiger partial charge in [-0.15, -0.1) is 0 Å². The summed E-state index contributed by atoms with van der Waals surface area (Å²) in [5, 5.41) is 11.7. The Morgan fingerprint density at radius 2 is 1.96 bits per heavy atom. The topological polar surface area (TPSA) is 88.5 Å². The Labute approximate surface area is 141 Å². The maximum atomic E-state index is 12.0. The first-order valence-electron chi connectivity index (χ1n) is 6.84. The van der Waals surface area contributed by atoms with Crippen molar-refractivity contribution >= 4 is 27.8 Å². The molecule has 0 unspecified atom stereocenters. The Morgan fingerprint density at radius 1 is 1.22 bits per heavy atom. The molecule has 2 N–H and O–H groups in total. The van der Waals surface area contributed by atoms with E-state index in [2.05, 4.69) is 26.2 Å². The number of halogens is 1. The quantitative estimate of drug-likeness (QED) is 0.589. The number of aromatic nitrogens is 1. The smallest absolute Gasteiger partial charge is 0.331 e. The summed E-state index contributed by atoms with van der Waals surface area (Å²) in [7, 11) is 0. The second kappa shape index (κ2) is 8.40. The van der Waals surface area contributed by atoms with Gasteiger partial charge >= 0.3 is 5.97 Å². The molecule has 0 aliphatic heterocycles. The molecule has 1 aromatic heterocycles. The summed E-state index contributed by atoms with van der Waals surface area (Å²) in [5.41, 5.74) is 1.10. The number of amides is 1. The molecule has 0 bridgehead atoms. The van der Waals surface area contributed by atoms with Gasteiger partial charge in [0.2, 0.25) is 0 Å². The van der Waals surface area contributed by atoms with E-state index in [9.17, 15) is 14.7 Å². The molecule has 6 nitrogen and oxygen atoms in total. The number of pyridine rings is 1. The largest absolute Gasteiger partial charge is 0.459 e. The van der Waals surface area contributed by atoms with Crippen molar-refractivity contribution in [3.63, 3.8) is 0 Å². The van der Waals surface area contributed by atoms with E-state index in [4.69, 9.17) is 4.74 Å². The van der Waals surface area contributed by atoms with Crippen LogP contribution in [0.1, 0.15) is 15.9 Å². The van der Waals surface area contributed by atoms with Gasteiger partial charge in [0.15, 0.2) is 6.04 Å². The van der Waals surface area contributed by atoms with Gasteiger partial charge in [0.1, 0.15) is 11.2 Å². The van der Waals surface area contributed by atoms with E-state index in [0.29, 0.717) is 4.60 Å². The van der Waals surface area contributed by atoms with Crippen molar-refractivity contribution in [2.75, 3.05) is 6.61 Å². The number of nitrogens with zero attached hydrogens (tertiary/aromatic N) is 1. The van der Waals surface area contributed by atoms with Gasteiger partial charge in [-0.25, -0.2) is 9.78 Å². The average molecular weight is 379 g/mol. The molecule has 0 aliphatic carbocycles. The van der Waals surface area contributed by atoms with Gasteiger partial charge in [0, 0.05) is 6.20 Å². The lowest BCUT2D eigenvalue weighted by molar-refractivity contribution is -0.148. The van der Waals surface area contributed by atoms with E-state index in [0.717, 1.165) is 5.56 Å². The van der Waals surface area contributed by atoms with Crippen LogP contribution in [-0.4, -0.2) is 34.6 Å². The lowest BCUT2D eigenvalue weighted by Crippen LogP contribution is -2.44. The first kappa shape index (κ1) is 17.1. The summed E-state index contributed by atoms with van der Waals surface area (Å²) in [6.07, 6.45) is 1.36. The highest BCUT2D eigenvalue weighted by Crippen LogP contribution is 2.07. The van der Waals surface area contributed by atoms with Crippen LogP contribution in [-0.2, 0) is 16.1 Å². The molecule has 2 rings (SSSR count). The molecule has 2 aromatic rings. The minimum absolute atomic E-state index is 0.0753. The highest BCUT2D eigenvalue weighted by Gasteiger charge is 2.22. The van der Waals surface area contributed by atoms with Crippen LogP contribution in [0, 0.1) is 0 Å². The first-order chi connectivity index (χ1) is 11.1. The summed E-state index contributed by atoms with van der Waals surface area (Å²) >= 11 is 3.17. The van der Waals surface area contributed by atoms with Gasteiger partial charge in [-0.05, 0) is 33.6 Å². The number of ether oxygens (including phenoxy) is 1. The van der Waals surface area contributed by atoms with E-state index >= 15 is 0 Å². The van der Waals surface area contributed by atoms with Crippen LogP contribution >= 0.6 is 15.9 Å². The van der Waals surface area contributed by atoms with Gasteiger partial charge in [-0.2, -0.15) is 0 Å². The minimum atomic E-state index is -1.13. The van der Waals surface area contributed by atoms with Gasteiger partial charge in [0.25, 0.3) is 5.91 Å². The molecular weight excluding hydrogens is 364 g/mol. The predicted molar refractivity (Wildman–Crippen MR) is 86.5 cm³/mol. The first-order valence-corrected chi connectivity index (χ1v) is 7.63. The van der Waals surface area contributed by atoms with Crippen LogP contribution in [0.2, 0.25) is 0 Å². The Hall–Kier alpha value is -2.25. The molecule has 1 atom stereocenters. The maximum Gasteiger partial charge on any atom is 0.331 e. The van der Waals surface area contributed by atoms with Gasteiger partial charge < -0.3 is 15.2 Å². The third kappa shape index (κ3) is 5.15. The lowest BCUT2D eigenvalue weighted by Gasteiger charge is -2.15. The average Bonchev–Trinajstić information content (AvgIpc) is 2.59. The third-order valence-electron chi connectivity index (χ3n) is 2.99. The zero-order valence-electron chi connectivity index (χ0n) is 12.1. The number of nitrogens with one attached hydrogen (secondary N) is 1. The maximum absolute atomic E-state index is 12.0. The Morgan fingerprint density at radius 3 is 2.57 bits per heavy atom. The number of hydrogen-bond acceptors (Lipinski definition) is 5. The molecule has 0 aliphatic rings. The number of benzene rings is 1. The molecule has 1 heterocycles. The zero-order valence-corrected chi connectivity index (χ0v) is 13.7. The fourth-order valence-electron chi connectivity index (χ4n) is 1.76. The Balaban J connectivity index is 1.92. The van der Waals surface area contributed by atoms with Crippen molar-refractivity contribution in [3.05, 3.63) is 64.4 Å². The molecular formula is C16H15BrN2O4. The van der Waals surface area contributed by atoms with Crippen molar-refractivity contribution in [1.82, 2.24) is 10.3 Å². The second-order valence-electron chi connectivity index (χ2n) is 4.67. The SMILES string of the molecule is O=C(N[C@@H](CO)C(=O)OCc1ccccc1)c1ccc(Br)nc1. The van der Waals surface area contributed by atoms with Gasteiger partial charge in [-0.1, -0.05) is 30.3 Å². The van der Waals surface area contributed by atoms with Crippen molar-refractivity contribution < 1.29 is 19.4 Å². The highest BCUT2D eigenvalue weighted by molar-refractivity contribution is 9.10. The third-order valence-corrected chi connectivity index (χ3v) is 3.45.